The molecule has 0 aromatic heterocycles. The monoisotopic (exact) mass is 406 g/mol. The van der Waals surface area contributed by atoms with Gasteiger partial charge in [0.2, 0.25) is 0 Å². The van der Waals surface area contributed by atoms with E-state index in [9.17, 15) is 9.90 Å². The van der Waals surface area contributed by atoms with Crippen LogP contribution >= 0.6 is 0 Å². The van der Waals surface area contributed by atoms with Gasteiger partial charge in [-0.1, -0.05) is 19.9 Å². The van der Waals surface area contributed by atoms with Gasteiger partial charge in [-0.25, -0.2) is 4.79 Å². The van der Waals surface area contributed by atoms with E-state index < -0.39 is 37.3 Å². The van der Waals surface area contributed by atoms with Gasteiger partial charge in [-0.15, -0.1) is 0 Å². The number of hydrogen-bond acceptors (Lipinski definition) is 5. The summed E-state index contributed by atoms with van der Waals surface area (Å²) in [5.41, 5.74) is 0.339. The van der Waals surface area contributed by atoms with Crippen LogP contribution in [0.2, 0.25) is 51.4 Å². The highest BCUT2D eigenvalue weighted by atomic mass is 28.5. The molecular weight excluding hydrogens is 368 g/mol. The first-order valence-corrected chi connectivity index (χ1v) is 18.2. The molecule has 0 spiro atoms. The van der Waals surface area contributed by atoms with Crippen molar-refractivity contribution in [2.45, 2.75) is 84.2 Å². The van der Waals surface area contributed by atoms with Crippen molar-refractivity contribution in [3.05, 3.63) is 12.2 Å². The van der Waals surface area contributed by atoms with Crippen molar-refractivity contribution in [1.29, 1.82) is 0 Å². The molecule has 0 radical (unpaired) electrons. The molecule has 0 amide bonds. The number of aliphatic hydroxyl groups is 1. The van der Waals surface area contributed by atoms with Crippen LogP contribution in [0, 0.1) is 0 Å². The Bertz CT molecular complexity index is 425. The zero-order valence-electron chi connectivity index (χ0n) is 17.4. The third-order valence-electron chi connectivity index (χ3n) is 3.23. The Kier molecular flexibility index (Phi) is 10.1. The third-order valence-corrected chi connectivity index (χ3v) is 13.4. The second-order valence-corrected chi connectivity index (χ2v) is 21.6. The molecule has 0 bridgehead atoms. The van der Waals surface area contributed by atoms with E-state index in [0.29, 0.717) is 12.0 Å². The van der Waals surface area contributed by atoms with E-state index in [-0.39, 0.29) is 6.61 Å². The summed E-state index contributed by atoms with van der Waals surface area (Å²) in [6.07, 6.45) is 0.814. The zero-order valence-corrected chi connectivity index (χ0v) is 20.4. The predicted octanol–water partition coefficient (Wildman–Crippen LogP) is 4.41. The van der Waals surface area contributed by atoms with Gasteiger partial charge in [0.1, 0.15) is 6.61 Å². The Balaban J connectivity index is 5.02. The standard InChI is InChI=1S/C17H38O5Si3/c1-10-12-25(21-23(4,5)6,22-24(7,8)9)13-11-16(18)14-20-17(19)15(2)3/h16,18H,2,10-14H2,1,3-9H3. The van der Waals surface area contributed by atoms with Gasteiger partial charge in [-0.2, -0.15) is 0 Å². The van der Waals surface area contributed by atoms with Crippen LogP contribution in [-0.4, -0.2) is 49.0 Å². The number of carbonyl (C=O) groups is 1. The van der Waals surface area contributed by atoms with Gasteiger partial charge in [0.05, 0.1) is 6.10 Å². The fourth-order valence-corrected chi connectivity index (χ4v) is 15.5. The maximum absolute atomic E-state index is 11.5. The minimum absolute atomic E-state index is 0.0117. The van der Waals surface area contributed by atoms with Crippen LogP contribution in [-0.2, 0) is 17.8 Å². The van der Waals surface area contributed by atoms with Crippen molar-refractivity contribution in [2.75, 3.05) is 6.61 Å². The minimum Gasteiger partial charge on any atom is -0.460 e. The predicted molar refractivity (Wildman–Crippen MR) is 111 cm³/mol. The Hall–Kier alpha value is -0.259. The molecule has 0 aliphatic rings. The van der Waals surface area contributed by atoms with E-state index >= 15 is 0 Å². The average Bonchev–Trinajstić information content (AvgIpc) is 2.38. The molecule has 0 heterocycles. The van der Waals surface area contributed by atoms with Crippen LogP contribution in [0.15, 0.2) is 12.2 Å². The van der Waals surface area contributed by atoms with E-state index in [1.54, 1.807) is 6.92 Å². The molecule has 0 aliphatic carbocycles. The summed E-state index contributed by atoms with van der Waals surface area (Å²) in [5.74, 6) is -0.465. The molecule has 1 unspecified atom stereocenters. The maximum atomic E-state index is 11.5. The second kappa shape index (κ2) is 10.2. The van der Waals surface area contributed by atoms with E-state index in [1.165, 1.54) is 0 Å². The number of aliphatic hydroxyl groups excluding tert-OH is 1. The van der Waals surface area contributed by atoms with Crippen molar-refractivity contribution < 1.29 is 22.9 Å². The number of ether oxygens (including phenoxy) is 1. The lowest BCUT2D eigenvalue weighted by Gasteiger charge is -2.41. The Labute approximate surface area is 157 Å². The lowest BCUT2D eigenvalue weighted by atomic mass is 10.3. The Morgan fingerprint density at radius 3 is 1.88 bits per heavy atom. The Morgan fingerprint density at radius 2 is 1.52 bits per heavy atom. The van der Waals surface area contributed by atoms with Gasteiger partial charge in [0.25, 0.3) is 0 Å². The van der Waals surface area contributed by atoms with Crippen molar-refractivity contribution in [2.24, 2.45) is 0 Å². The van der Waals surface area contributed by atoms with Gasteiger partial charge in [-0.05, 0) is 64.7 Å². The summed E-state index contributed by atoms with van der Waals surface area (Å²) >= 11 is 0. The summed E-state index contributed by atoms with van der Waals surface area (Å²) in [4.78, 5) is 11.5. The van der Waals surface area contributed by atoms with Crippen LogP contribution in [0.4, 0.5) is 0 Å². The van der Waals surface area contributed by atoms with Crippen LogP contribution in [0.3, 0.4) is 0 Å². The fourth-order valence-electron chi connectivity index (χ4n) is 2.61. The fraction of sp³-hybridized carbons (Fsp3) is 0.824. The lowest BCUT2D eigenvalue weighted by Crippen LogP contribution is -2.54. The van der Waals surface area contributed by atoms with Crippen LogP contribution in [0.25, 0.3) is 0 Å². The van der Waals surface area contributed by atoms with E-state index in [0.717, 1.165) is 18.5 Å². The van der Waals surface area contributed by atoms with Crippen LogP contribution < -0.4 is 0 Å². The lowest BCUT2D eigenvalue weighted by molar-refractivity contribution is -0.141. The van der Waals surface area contributed by atoms with E-state index in [2.05, 4.69) is 52.8 Å². The van der Waals surface area contributed by atoms with Gasteiger partial charge in [0, 0.05) is 5.57 Å². The molecule has 0 saturated carbocycles. The number of rotatable bonds is 12. The highest BCUT2D eigenvalue weighted by molar-refractivity contribution is 6.88. The molecule has 0 saturated heterocycles. The first-order chi connectivity index (χ1) is 11.2. The van der Waals surface area contributed by atoms with Crippen molar-refractivity contribution in [3.8, 4) is 0 Å². The maximum Gasteiger partial charge on any atom is 0.333 e. The first kappa shape index (κ1) is 24.7. The van der Waals surface area contributed by atoms with Crippen LogP contribution in [0.1, 0.15) is 26.7 Å². The zero-order chi connectivity index (χ0) is 19.9. The molecule has 25 heavy (non-hydrogen) atoms. The topological polar surface area (TPSA) is 65.0 Å². The Morgan fingerprint density at radius 1 is 1.04 bits per heavy atom. The second-order valence-electron chi connectivity index (χ2n) is 8.66. The third kappa shape index (κ3) is 11.9. The molecule has 1 atom stereocenters. The molecule has 0 aromatic rings. The molecule has 5 nitrogen and oxygen atoms in total. The molecule has 0 aliphatic heterocycles. The molecule has 148 valence electrons. The summed E-state index contributed by atoms with van der Waals surface area (Å²) < 4.78 is 18.3. The number of esters is 1. The molecule has 0 rings (SSSR count). The molecular formula is C17H38O5Si3. The highest BCUT2D eigenvalue weighted by Gasteiger charge is 2.43. The normalized spacial score (nSPS) is 14.3. The smallest absolute Gasteiger partial charge is 0.333 e. The summed E-state index contributed by atoms with van der Waals surface area (Å²) in [7, 11) is -5.95. The van der Waals surface area contributed by atoms with Crippen molar-refractivity contribution >= 4 is 31.2 Å². The molecule has 0 fully saturated rings. The molecule has 1 N–H and O–H groups in total. The quantitative estimate of drug-likeness (QED) is 0.295. The number of carbonyl (C=O) groups excluding carboxylic acids is 1. The molecule has 8 heteroatoms. The van der Waals surface area contributed by atoms with E-state index in [1.807, 2.05) is 0 Å². The van der Waals surface area contributed by atoms with Gasteiger partial charge in [0.15, 0.2) is 16.6 Å². The van der Waals surface area contributed by atoms with Gasteiger partial charge < -0.3 is 18.1 Å². The largest absolute Gasteiger partial charge is 0.460 e. The number of hydrogen-bond donors (Lipinski definition) is 1. The SMILES string of the molecule is C=C(C)C(=O)OCC(O)CC[Si](CCC)(O[Si](C)(C)C)O[Si](C)(C)C. The van der Waals surface area contributed by atoms with Gasteiger partial charge in [-0.3, -0.25) is 0 Å². The van der Waals surface area contributed by atoms with E-state index in [4.69, 9.17) is 13.0 Å². The molecule has 0 aromatic carbocycles. The first-order valence-electron chi connectivity index (χ1n) is 9.11. The van der Waals surface area contributed by atoms with Crippen LogP contribution in [0.5, 0.6) is 0 Å². The summed E-state index contributed by atoms with van der Waals surface area (Å²) in [6, 6.07) is 1.65. The van der Waals surface area contributed by atoms with Crippen molar-refractivity contribution in [3.63, 3.8) is 0 Å². The van der Waals surface area contributed by atoms with Gasteiger partial charge >= 0.3 is 14.5 Å². The summed E-state index contributed by atoms with van der Waals surface area (Å²) in [6.45, 7) is 20.4. The van der Waals surface area contributed by atoms with Crippen molar-refractivity contribution in [1.82, 2.24) is 0 Å². The highest BCUT2D eigenvalue weighted by Crippen LogP contribution is 2.30. The summed E-state index contributed by atoms with van der Waals surface area (Å²) in [5, 5.41) is 10.2. The minimum atomic E-state index is -2.40. The average molecular weight is 407 g/mol.